The van der Waals surface area contributed by atoms with Gasteiger partial charge < -0.3 is 10.1 Å². The number of rotatable bonds is 6. The predicted molar refractivity (Wildman–Crippen MR) is 94.3 cm³/mol. The van der Waals surface area contributed by atoms with Gasteiger partial charge in [-0.25, -0.2) is 13.5 Å². The molecule has 0 saturated carbocycles. The first kappa shape index (κ1) is 18.7. The maximum absolute atomic E-state index is 13.5. The van der Waals surface area contributed by atoms with Gasteiger partial charge in [-0.15, -0.1) is 5.10 Å². The third-order valence-corrected chi connectivity index (χ3v) is 3.85. The molecule has 0 atom stereocenters. The van der Waals surface area contributed by atoms with E-state index in [0.29, 0.717) is 11.4 Å². The number of nitrogens with zero attached hydrogens (tertiary/aromatic N) is 4. The van der Waals surface area contributed by atoms with E-state index in [0.717, 1.165) is 13.0 Å². The van der Waals surface area contributed by atoms with Crippen molar-refractivity contribution in [2.24, 2.45) is 0 Å². The van der Waals surface area contributed by atoms with Crippen LogP contribution in [0.2, 0.25) is 5.02 Å². The van der Waals surface area contributed by atoms with Gasteiger partial charge in [0.2, 0.25) is 0 Å². The fraction of sp³-hybridized carbons (Fsp3) is 0.176. The zero-order chi connectivity index (χ0) is 19.4. The highest BCUT2D eigenvalue weighted by molar-refractivity contribution is 6.31. The number of hydrogen-bond donors (Lipinski definition) is 1. The van der Waals surface area contributed by atoms with Crippen LogP contribution in [0.5, 0.6) is 5.75 Å². The van der Waals surface area contributed by atoms with E-state index in [4.69, 9.17) is 16.3 Å². The van der Waals surface area contributed by atoms with Gasteiger partial charge >= 0.3 is 0 Å². The van der Waals surface area contributed by atoms with Crippen molar-refractivity contribution < 1.29 is 18.3 Å². The van der Waals surface area contributed by atoms with Gasteiger partial charge in [-0.3, -0.25) is 4.79 Å². The average molecular weight is 394 g/mol. The minimum atomic E-state index is -3.12. The molecule has 0 bridgehead atoms. The monoisotopic (exact) mass is 393 g/mol. The van der Waals surface area contributed by atoms with Crippen LogP contribution in [-0.2, 0) is 10.7 Å². The lowest BCUT2D eigenvalue weighted by Crippen LogP contribution is -2.20. The Kier molecular flexibility index (Phi) is 5.31. The predicted octanol–water partition coefficient (Wildman–Crippen LogP) is 3.44. The largest absolute Gasteiger partial charge is 0.484 e. The van der Waals surface area contributed by atoms with Gasteiger partial charge in [0.05, 0.1) is 5.69 Å². The normalized spacial score (nSPS) is 11.3. The molecule has 0 radical (unpaired) electrons. The van der Waals surface area contributed by atoms with Crippen LogP contribution >= 0.6 is 11.6 Å². The van der Waals surface area contributed by atoms with E-state index in [9.17, 15) is 13.6 Å². The van der Waals surface area contributed by atoms with E-state index in [1.165, 1.54) is 23.1 Å². The molecule has 2 aromatic carbocycles. The minimum Gasteiger partial charge on any atom is -0.484 e. The van der Waals surface area contributed by atoms with Crippen molar-refractivity contribution in [1.82, 2.24) is 20.2 Å². The van der Waals surface area contributed by atoms with Gasteiger partial charge in [-0.05, 0) is 40.8 Å². The molecule has 1 aromatic heterocycles. The minimum absolute atomic E-state index is 0.0730. The summed E-state index contributed by atoms with van der Waals surface area (Å²) < 4.78 is 33.9. The summed E-state index contributed by atoms with van der Waals surface area (Å²) in [5.74, 6) is -3.20. The molecule has 1 heterocycles. The number of amides is 1. The molecule has 3 aromatic rings. The number of carbonyl (C=O) groups excluding carboxylic acids is 1. The zero-order valence-corrected chi connectivity index (χ0v) is 14.8. The van der Waals surface area contributed by atoms with E-state index in [-0.39, 0.29) is 22.9 Å². The highest BCUT2D eigenvalue weighted by Crippen LogP contribution is 2.34. The molecule has 10 heteroatoms. The number of aromatic nitrogens is 4. The smallest absolute Gasteiger partial charge is 0.272 e. The zero-order valence-electron chi connectivity index (χ0n) is 14.1. The molecule has 140 valence electrons. The molecule has 0 aliphatic rings. The number of tetrazole rings is 1. The Bertz CT molecular complexity index is 945. The van der Waals surface area contributed by atoms with Crippen LogP contribution in [-0.4, -0.2) is 32.7 Å². The fourth-order valence-electron chi connectivity index (χ4n) is 2.28. The Morgan fingerprint density at radius 2 is 2.11 bits per heavy atom. The molecule has 0 aliphatic carbocycles. The van der Waals surface area contributed by atoms with Crippen LogP contribution in [0, 0.1) is 0 Å². The third-order valence-electron chi connectivity index (χ3n) is 3.52. The summed E-state index contributed by atoms with van der Waals surface area (Å²) in [5.41, 5.74) is 0.495. The average Bonchev–Trinajstić information content (AvgIpc) is 3.16. The Hall–Kier alpha value is -3.07. The van der Waals surface area contributed by atoms with Crippen molar-refractivity contribution in [2.75, 3.05) is 11.9 Å². The Balaban J connectivity index is 1.63. The fourth-order valence-corrected chi connectivity index (χ4v) is 2.56. The first-order chi connectivity index (χ1) is 12.8. The summed E-state index contributed by atoms with van der Waals surface area (Å²) in [5, 5.41) is 13.3. The summed E-state index contributed by atoms with van der Waals surface area (Å²) in [6.45, 7) is 0.431. The molecule has 3 rings (SSSR count). The van der Waals surface area contributed by atoms with Crippen molar-refractivity contribution >= 4 is 23.2 Å². The summed E-state index contributed by atoms with van der Waals surface area (Å²) in [6.07, 6.45) is 1.42. The summed E-state index contributed by atoms with van der Waals surface area (Å²) in [7, 11) is 0. The van der Waals surface area contributed by atoms with E-state index in [1.54, 1.807) is 24.3 Å². The second-order valence-electron chi connectivity index (χ2n) is 5.67. The standard InChI is InChI=1S/C17H14ClF2N5O2/c1-17(19,20)14-7-11(5-6-15(14)18)22-16(26)9-27-13-4-2-3-12(8-13)25-10-21-23-24-25/h2-8,10H,9H2,1H3,(H,22,26). The Morgan fingerprint density at radius 3 is 2.81 bits per heavy atom. The molecule has 0 saturated heterocycles. The second-order valence-corrected chi connectivity index (χ2v) is 6.08. The van der Waals surface area contributed by atoms with Gasteiger partial charge in [-0.1, -0.05) is 17.7 Å². The number of ether oxygens (including phenoxy) is 1. The summed E-state index contributed by atoms with van der Waals surface area (Å²) >= 11 is 5.78. The van der Waals surface area contributed by atoms with Crippen LogP contribution < -0.4 is 10.1 Å². The highest BCUT2D eigenvalue weighted by atomic mass is 35.5. The number of anilines is 1. The van der Waals surface area contributed by atoms with Crippen LogP contribution in [0.1, 0.15) is 12.5 Å². The lowest BCUT2D eigenvalue weighted by molar-refractivity contribution is -0.118. The molecule has 0 spiro atoms. The molecule has 7 nitrogen and oxygen atoms in total. The number of carbonyl (C=O) groups is 1. The molecule has 1 amide bonds. The topological polar surface area (TPSA) is 81.9 Å². The molecular weight excluding hydrogens is 380 g/mol. The number of halogens is 3. The molecule has 0 fully saturated rings. The van der Waals surface area contributed by atoms with Crippen LogP contribution in [0.25, 0.3) is 5.69 Å². The Morgan fingerprint density at radius 1 is 1.30 bits per heavy atom. The SMILES string of the molecule is CC(F)(F)c1cc(NC(=O)COc2cccc(-n3cnnn3)c2)ccc1Cl. The van der Waals surface area contributed by atoms with Crippen LogP contribution in [0.4, 0.5) is 14.5 Å². The van der Waals surface area contributed by atoms with E-state index < -0.39 is 11.8 Å². The molecule has 27 heavy (non-hydrogen) atoms. The van der Waals surface area contributed by atoms with Gasteiger partial charge in [-0.2, -0.15) is 0 Å². The first-order valence-electron chi connectivity index (χ1n) is 7.77. The van der Waals surface area contributed by atoms with Crippen molar-refractivity contribution in [2.45, 2.75) is 12.8 Å². The van der Waals surface area contributed by atoms with Gasteiger partial charge in [0, 0.05) is 29.3 Å². The number of alkyl halides is 2. The van der Waals surface area contributed by atoms with E-state index in [1.807, 2.05) is 0 Å². The van der Waals surface area contributed by atoms with Crippen LogP contribution in [0.3, 0.4) is 0 Å². The third kappa shape index (κ3) is 4.76. The number of benzene rings is 2. The van der Waals surface area contributed by atoms with Crippen molar-refractivity contribution in [3.63, 3.8) is 0 Å². The second kappa shape index (κ2) is 7.67. The molecule has 0 unspecified atom stereocenters. The summed E-state index contributed by atoms with van der Waals surface area (Å²) in [6, 6.07) is 10.7. The van der Waals surface area contributed by atoms with Crippen molar-refractivity contribution in [3.05, 3.63) is 59.4 Å². The maximum Gasteiger partial charge on any atom is 0.272 e. The first-order valence-corrected chi connectivity index (χ1v) is 8.14. The molecule has 0 aliphatic heterocycles. The van der Waals surface area contributed by atoms with Gasteiger partial charge in [0.1, 0.15) is 12.1 Å². The lowest BCUT2D eigenvalue weighted by Gasteiger charge is -2.14. The Labute approximate surface area is 157 Å². The number of hydrogen-bond acceptors (Lipinski definition) is 5. The maximum atomic E-state index is 13.5. The summed E-state index contributed by atoms with van der Waals surface area (Å²) in [4.78, 5) is 12.1. The highest BCUT2D eigenvalue weighted by Gasteiger charge is 2.27. The van der Waals surface area contributed by atoms with E-state index in [2.05, 4.69) is 20.8 Å². The van der Waals surface area contributed by atoms with Crippen LogP contribution in [0.15, 0.2) is 48.8 Å². The van der Waals surface area contributed by atoms with E-state index >= 15 is 0 Å². The number of nitrogens with one attached hydrogen (secondary N) is 1. The quantitative estimate of drug-likeness (QED) is 0.693. The van der Waals surface area contributed by atoms with Crippen molar-refractivity contribution in [1.29, 1.82) is 0 Å². The molecular formula is C17H14ClF2N5O2. The lowest BCUT2D eigenvalue weighted by atomic mass is 10.1. The van der Waals surface area contributed by atoms with Crippen molar-refractivity contribution in [3.8, 4) is 11.4 Å². The molecule has 1 N–H and O–H groups in total. The van der Waals surface area contributed by atoms with Gasteiger partial charge in [0.15, 0.2) is 6.61 Å². The van der Waals surface area contributed by atoms with Gasteiger partial charge in [0.25, 0.3) is 11.8 Å².